The quantitative estimate of drug-likeness (QED) is 0.811. The van der Waals surface area contributed by atoms with Gasteiger partial charge in [-0.3, -0.25) is 9.48 Å². The van der Waals surface area contributed by atoms with Crippen LogP contribution in [0.5, 0.6) is 5.75 Å². The van der Waals surface area contributed by atoms with Gasteiger partial charge in [-0.15, -0.1) is 0 Å². The van der Waals surface area contributed by atoms with E-state index < -0.39 is 0 Å². The Morgan fingerprint density at radius 2 is 2.24 bits per heavy atom. The first-order valence-electron chi connectivity index (χ1n) is 7.60. The van der Waals surface area contributed by atoms with Gasteiger partial charge in [-0.25, -0.2) is 0 Å². The van der Waals surface area contributed by atoms with Gasteiger partial charge in [-0.1, -0.05) is 19.1 Å². The Bertz CT molecular complexity index is 673. The van der Waals surface area contributed by atoms with Crippen LogP contribution in [-0.4, -0.2) is 22.2 Å². The summed E-state index contributed by atoms with van der Waals surface area (Å²) in [4.78, 5) is 12.9. The number of ether oxygens (including phenoxy) is 1. The van der Waals surface area contributed by atoms with Crippen LogP contribution in [-0.2, 0) is 19.4 Å². The van der Waals surface area contributed by atoms with Gasteiger partial charge in [0.2, 0.25) is 5.78 Å². The Labute approximate surface area is 124 Å². The van der Waals surface area contributed by atoms with E-state index in [0.29, 0.717) is 24.4 Å². The SMILES string of the molecule is CCc1cc(C(=O)c2cccc3c2OCCC3)n(CC)n1. The van der Waals surface area contributed by atoms with Crippen LogP contribution in [0.15, 0.2) is 24.3 Å². The molecule has 21 heavy (non-hydrogen) atoms. The number of hydrogen-bond acceptors (Lipinski definition) is 3. The lowest BCUT2D eigenvalue weighted by atomic mass is 9.98. The van der Waals surface area contributed by atoms with Crippen LogP contribution in [0.4, 0.5) is 0 Å². The highest BCUT2D eigenvalue weighted by Gasteiger charge is 2.23. The van der Waals surface area contributed by atoms with Crippen LogP contribution < -0.4 is 4.74 Å². The molecule has 110 valence electrons. The number of aryl methyl sites for hydroxylation is 3. The normalized spacial score (nSPS) is 13.6. The van der Waals surface area contributed by atoms with Crippen molar-refractivity contribution in [1.82, 2.24) is 9.78 Å². The first-order valence-corrected chi connectivity index (χ1v) is 7.60. The third kappa shape index (κ3) is 2.46. The van der Waals surface area contributed by atoms with Gasteiger partial charge in [0.05, 0.1) is 17.9 Å². The summed E-state index contributed by atoms with van der Waals surface area (Å²) in [5.74, 6) is 0.762. The highest BCUT2D eigenvalue weighted by molar-refractivity contribution is 6.10. The van der Waals surface area contributed by atoms with Crippen LogP contribution in [0.1, 0.15) is 47.6 Å². The van der Waals surface area contributed by atoms with E-state index in [0.717, 1.165) is 36.3 Å². The zero-order chi connectivity index (χ0) is 14.8. The number of carbonyl (C=O) groups is 1. The average molecular weight is 284 g/mol. The highest BCUT2D eigenvalue weighted by atomic mass is 16.5. The number of carbonyl (C=O) groups excluding carboxylic acids is 1. The topological polar surface area (TPSA) is 44.1 Å². The summed E-state index contributed by atoms with van der Waals surface area (Å²) < 4.78 is 7.53. The summed E-state index contributed by atoms with van der Waals surface area (Å²) in [6.45, 7) is 5.42. The largest absolute Gasteiger partial charge is 0.493 e. The van der Waals surface area contributed by atoms with E-state index >= 15 is 0 Å². The second-order valence-electron chi connectivity index (χ2n) is 5.27. The summed E-state index contributed by atoms with van der Waals surface area (Å²) in [6.07, 6.45) is 2.82. The number of aromatic nitrogens is 2. The van der Waals surface area contributed by atoms with Crippen molar-refractivity contribution in [2.24, 2.45) is 0 Å². The van der Waals surface area contributed by atoms with Gasteiger partial charge in [-0.05, 0) is 43.9 Å². The fraction of sp³-hybridized carbons (Fsp3) is 0.412. The summed E-state index contributed by atoms with van der Waals surface area (Å²) >= 11 is 0. The molecule has 0 unspecified atom stereocenters. The van der Waals surface area contributed by atoms with Gasteiger partial charge >= 0.3 is 0 Å². The van der Waals surface area contributed by atoms with Crippen LogP contribution in [0.3, 0.4) is 0 Å². The van der Waals surface area contributed by atoms with E-state index in [2.05, 4.69) is 5.10 Å². The number of hydrogen-bond donors (Lipinski definition) is 0. The molecule has 4 heteroatoms. The van der Waals surface area contributed by atoms with Crippen molar-refractivity contribution < 1.29 is 9.53 Å². The molecule has 0 saturated heterocycles. The number of para-hydroxylation sites is 1. The monoisotopic (exact) mass is 284 g/mol. The molecule has 0 saturated carbocycles. The summed E-state index contributed by atoms with van der Waals surface area (Å²) in [5.41, 5.74) is 3.39. The molecule has 2 heterocycles. The maximum atomic E-state index is 12.9. The van der Waals surface area contributed by atoms with Crippen molar-refractivity contribution in [2.45, 2.75) is 39.7 Å². The molecule has 0 bridgehead atoms. The maximum Gasteiger partial charge on any atom is 0.214 e. The zero-order valence-corrected chi connectivity index (χ0v) is 12.6. The minimum atomic E-state index is 0.00259. The standard InChI is InChI=1S/C17H20N2O2/c1-3-13-11-15(19(4-2)18-13)16(20)14-9-5-7-12-8-6-10-21-17(12)14/h5,7,9,11H,3-4,6,8,10H2,1-2H3. The third-order valence-electron chi connectivity index (χ3n) is 3.90. The van der Waals surface area contributed by atoms with Gasteiger partial charge in [0.15, 0.2) is 0 Å². The van der Waals surface area contributed by atoms with Gasteiger partial charge in [0.25, 0.3) is 0 Å². The van der Waals surface area contributed by atoms with Crippen molar-refractivity contribution in [2.75, 3.05) is 6.61 Å². The summed E-state index contributed by atoms with van der Waals surface area (Å²) in [7, 11) is 0. The van der Waals surface area contributed by atoms with E-state index in [9.17, 15) is 4.79 Å². The fourth-order valence-electron chi connectivity index (χ4n) is 2.77. The van der Waals surface area contributed by atoms with E-state index in [1.54, 1.807) is 4.68 Å². The number of ketones is 1. The summed E-state index contributed by atoms with van der Waals surface area (Å²) in [5, 5.41) is 4.46. The molecule has 4 nitrogen and oxygen atoms in total. The predicted molar refractivity (Wildman–Crippen MR) is 81.0 cm³/mol. The van der Waals surface area contributed by atoms with Crippen molar-refractivity contribution in [3.8, 4) is 5.75 Å². The molecule has 3 rings (SSSR count). The molecule has 0 fully saturated rings. The smallest absolute Gasteiger partial charge is 0.214 e. The lowest BCUT2D eigenvalue weighted by Gasteiger charge is -2.19. The maximum absolute atomic E-state index is 12.9. The molecular weight excluding hydrogens is 264 g/mol. The molecule has 0 amide bonds. The van der Waals surface area contributed by atoms with Gasteiger partial charge in [0, 0.05) is 6.54 Å². The summed E-state index contributed by atoms with van der Waals surface area (Å²) in [6, 6.07) is 7.73. The van der Waals surface area contributed by atoms with Crippen molar-refractivity contribution in [3.05, 3.63) is 46.8 Å². The first-order chi connectivity index (χ1) is 10.2. The molecule has 0 atom stereocenters. The second kappa shape index (κ2) is 5.72. The van der Waals surface area contributed by atoms with Crippen molar-refractivity contribution in [3.63, 3.8) is 0 Å². The molecule has 0 spiro atoms. The fourth-order valence-corrected chi connectivity index (χ4v) is 2.77. The Morgan fingerprint density at radius 3 is 3.00 bits per heavy atom. The van der Waals surface area contributed by atoms with Crippen molar-refractivity contribution in [1.29, 1.82) is 0 Å². The molecule has 2 aromatic rings. The third-order valence-corrected chi connectivity index (χ3v) is 3.90. The molecule has 1 aromatic carbocycles. The first kappa shape index (κ1) is 13.9. The lowest BCUT2D eigenvalue weighted by molar-refractivity contribution is 0.102. The Morgan fingerprint density at radius 1 is 1.38 bits per heavy atom. The molecule has 0 radical (unpaired) electrons. The zero-order valence-electron chi connectivity index (χ0n) is 12.6. The molecule has 1 aliphatic heterocycles. The molecule has 0 N–H and O–H groups in total. The van der Waals surface area contributed by atoms with Crippen LogP contribution in [0.25, 0.3) is 0 Å². The minimum Gasteiger partial charge on any atom is -0.493 e. The van der Waals surface area contributed by atoms with E-state index in [1.807, 2.05) is 38.1 Å². The van der Waals surface area contributed by atoms with E-state index in [4.69, 9.17) is 4.74 Å². The molecule has 1 aliphatic rings. The number of benzene rings is 1. The van der Waals surface area contributed by atoms with Crippen LogP contribution in [0.2, 0.25) is 0 Å². The molecule has 1 aromatic heterocycles. The van der Waals surface area contributed by atoms with Crippen LogP contribution >= 0.6 is 0 Å². The minimum absolute atomic E-state index is 0.00259. The van der Waals surface area contributed by atoms with E-state index in [-0.39, 0.29) is 5.78 Å². The average Bonchev–Trinajstić information content (AvgIpc) is 2.97. The second-order valence-corrected chi connectivity index (χ2v) is 5.27. The van der Waals surface area contributed by atoms with E-state index in [1.165, 1.54) is 0 Å². The number of rotatable bonds is 4. The Balaban J connectivity index is 2.05. The van der Waals surface area contributed by atoms with Gasteiger partial charge < -0.3 is 4.74 Å². The predicted octanol–water partition coefficient (Wildman–Crippen LogP) is 3.02. The Kier molecular flexibility index (Phi) is 3.78. The molecular formula is C17H20N2O2. The lowest BCUT2D eigenvalue weighted by Crippen LogP contribution is -2.15. The van der Waals surface area contributed by atoms with Crippen molar-refractivity contribution >= 4 is 5.78 Å². The number of fused-ring (bicyclic) bond motifs is 1. The molecule has 0 aliphatic carbocycles. The van der Waals surface area contributed by atoms with Gasteiger partial charge in [0.1, 0.15) is 11.4 Å². The highest BCUT2D eigenvalue weighted by Crippen LogP contribution is 2.30. The Hall–Kier alpha value is -2.10. The van der Waals surface area contributed by atoms with Gasteiger partial charge in [-0.2, -0.15) is 5.10 Å². The number of nitrogens with zero attached hydrogens (tertiary/aromatic N) is 2. The van der Waals surface area contributed by atoms with Crippen LogP contribution in [0, 0.1) is 0 Å².